The van der Waals surface area contributed by atoms with Crippen molar-refractivity contribution in [2.75, 3.05) is 13.1 Å². The highest BCUT2D eigenvalue weighted by molar-refractivity contribution is 7.89. The molecule has 1 aliphatic heterocycles. The first-order valence-electron chi connectivity index (χ1n) is 6.62. The van der Waals surface area contributed by atoms with E-state index in [-0.39, 0.29) is 16.9 Å². The van der Waals surface area contributed by atoms with Gasteiger partial charge in [-0.15, -0.1) is 0 Å². The van der Waals surface area contributed by atoms with Gasteiger partial charge in [0.2, 0.25) is 10.0 Å². The summed E-state index contributed by atoms with van der Waals surface area (Å²) in [5.74, 6) is 0.212. The molecule has 20 heavy (non-hydrogen) atoms. The van der Waals surface area contributed by atoms with Crippen LogP contribution in [0.15, 0.2) is 23.1 Å². The number of nitrogens with zero attached hydrogens (tertiary/aromatic N) is 2. The highest BCUT2D eigenvalue weighted by Crippen LogP contribution is 2.26. The summed E-state index contributed by atoms with van der Waals surface area (Å²) in [7, 11) is -3.48. The second kappa shape index (κ2) is 5.52. The zero-order valence-corrected chi connectivity index (χ0v) is 12.5. The second-order valence-corrected chi connectivity index (χ2v) is 7.30. The van der Waals surface area contributed by atoms with Gasteiger partial charge in [0.25, 0.3) is 0 Å². The number of hydrogen-bond donors (Lipinski definition) is 1. The first-order chi connectivity index (χ1) is 9.36. The number of rotatable bonds is 3. The van der Waals surface area contributed by atoms with Gasteiger partial charge in [0, 0.05) is 19.1 Å². The van der Waals surface area contributed by atoms with Crippen molar-refractivity contribution in [1.82, 2.24) is 4.31 Å². The number of nitriles is 1. The van der Waals surface area contributed by atoms with Crippen molar-refractivity contribution in [2.45, 2.75) is 31.2 Å². The largest absolute Gasteiger partial charge is 0.328 e. The van der Waals surface area contributed by atoms with E-state index in [1.165, 1.54) is 10.4 Å². The van der Waals surface area contributed by atoms with Crippen molar-refractivity contribution < 1.29 is 8.42 Å². The van der Waals surface area contributed by atoms with Crippen LogP contribution in [0.3, 0.4) is 0 Å². The Morgan fingerprint density at radius 1 is 1.50 bits per heavy atom. The number of sulfonamides is 1. The summed E-state index contributed by atoms with van der Waals surface area (Å²) >= 11 is 0. The van der Waals surface area contributed by atoms with Crippen LogP contribution in [0.4, 0.5) is 0 Å². The lowest BCUT2D eigenvalue weighted by molar-refractivity contribution is 0.429. The van der Waals surface area contributed by atoms with Crippen molar-refractivity contribution >= 4 is 10.0 Å². The Balaban J connectivity index is 2.28. The average Bonchev–Trinajstić information content (AvgIpc) is 2.89. The molecule has 0 bridgehead atoms. The summed E-state index contributed by atoms with van der Waals surface area (Å²) in [6.45, 7) is 4.63. The molecule has 1 aromatic carbocycles. The lowest BCUT2D eigenvalue weighted by Crippen LogP contribution is -2.33. The van der Waals surface area contributed by atoms with Crippen LogP contribution in [0.1, 0.15) is 24.5 Å². The molecule has 0 saturated carbocycles. The molecule has 0 amide bonds. The van der Waals surface area contributed by atoms with Crippen LogP contribution in [0.5, 0.6) is 0 Å². The summed E-state index contributed by atoms with van der Waals surface area (Å²) in [6, 6.07) is 6.66. The molecule has 1 fully saturated rings. The molecule has 5 nitrogen and oxygen atoms in total. The van der Waals surface area contributed by atoms with E-state index in [2.05, 4.69) is 0 Å². The molecule has 0 aromatic heterocycles. The van der Waals surface area contributed by atoms with Gasteiger partial charge >= 0.3 is 0 Å². The van der Waals surface area contributed by atoms with Crippen molar-refractivity contribution in [2.24, 2.45) is 11.7 Å². The first kappa shape index (κ1) is 15.0. The summed E-state index contributed by atoms with van der Waals surface area (Å²) in [5, 5.41) is 8.90. The molecule has 2 rings (SSSR count). The average molecular weight is 293 g/mol. The van der Waals surface area contributed by atoms with Gasteiger partial charge in [-0.1, -0.05) is 0 Å². The molecule has 1 heterocycles. The van der Waals surface area contributed by atoms with Crippen LogP contribution in [0.25, 0.3) is 0 Å². The van der Waals surface area contributed by atoms with Crippen molar-refractivity contribution in [1.29, 1.82) is 5.26 Å². The predicted molar refractivity (Wildman–Crippen MR) is 76.4 cm³/mol. The Kier molecular flexibility index (Phi) is 4.14. The van der Waals surface area contributed by atoms with Gasteiger partial charge in [-0.05, 0) is 49.9 Å². The topological polar surface area (TPSA) is 87.2 Å². The van der Waals surface area contributed by atoms with Gasteiger partial charge in [0.1, 0.15) is 0 Å². The molecule has 0 aliphatic carbocycles. The van der Waals surface area contributed by atoms with E-state index in [4.69, 9.17) is 11.0 Å². The highest BCUT2D eigenvalue weighted by Gasteiger charge is 2.34. The van der Waals surface area contributed by atoms with E-state index < -0.39 is 10.0 Å². The van der Waals surface area contributed by atoms with E-state index >= 15 is 0 Å². The second-order valence-electron chi connectivity index (χ2n) is 5.36. The van der Waals surface area contributed by atoms with E-state index in [1.807, 2.05) is 13.0 Å². The predicted octanol–water partition coefficient (Wildman–Crippen LogP) is 1.22. The number of hydrogen-bond acceptors (Lipinski definition) is 4. The van der Waals surface area contributed by atoms with Crippen LogP contribution in [-0.2, 0) is 10.0 Å². The first-order valence-corrected chi connectivity index (χ1v) is 8.06. The summed E-state index contributed by atoms with van der Waals surface area (Å²) in [5.41, 5.74) is 7.02. The van der Waals surface area contributed by atoms with Crippen molar-refractivity contribution in [3.8, 4) is 6.07 Å². The highest BCUT2D eigenvalue weighted by atomic mass is 32.2. The molecule has 1 aromatic rings. The minimum absolute atomic E-state index is 0.00194. The molecule has 1 saturated heterocycles. The fourth-order valence-electron chi connectivity index (χ4n) is 2.47. The molecule has 2 unspecified atom stereocenters. The lowest BCUT2D eigenvalue weighted by atomic mass is 10.0. The molecule has 0 radical (unpaired) electrons. The van der Waals surface area contributed by atoms with Crippen LogP contribution >= 0.6 is 0 Å². The molecule has 6 heteroatoms. The van der Waals surface area contributed by atoms with Gasteiger partial charge in [-0.3, -0.25) is 0 Å². The molecule has 108 valence electrons. The minimum Gasteiger partial charge on any atom is -0.328 e. The zero-order valence-electron chi connectivity index (χ0n) is 11.7. The van der Waals surface area contributed by atoms with Crippen LogP contribution in [-0.4, -0.2) is 31.9 Å². The third-order valence-electron chi connectivity index (χ3n) is 3.89. The van der Waals surface area contributed by atoms with E-state index in [9.17, 15) is 8.42 Å². The van der Waals surface area contributed by atoms with Crippen LogP contribution < -0.4 is 5.73 Å². The van der Waals surface area contributed by atoms with Gasteiger partial charge in [0.05, 0.1) is 16.5 Å². The van der Waals surface area contributed by atoms with Crippen LogP contribution in [0.2, 0.25) is 0 Å². The lowest BCUT2D eigenvalue weighted by Gasteiger charge is -2.18. The standard InChI is InChI=1S/C14H19N3O2S/c1-10-7-14(4-3-12(10)8-15)20(18,19)17-6-5-13(9-17)11(2)16/h3-4,7,11,13H,5-6,9,16H2,1-2H3. The molecule has 1 aliphatic rings. The van der Waals surface area contributed by atoms with Gasteiger partial charge in [0.15, 0.2) is 0 Å². The van der Waals surface area contributed by atoms with Gasteiger partial charge in [-0.2, -0.15) is 9.57 Å². The van der Waals surface area contributed by atoms with E-state index in [1.54, 1.807) is 19.1 Å². The Hall–Kier alpha value is -1.42. The Morgan fingerprint density at radius 2 is 2.20 bits per heavy atom. The van der Waals surface area contributed by atoms with Gasteiger partial charge < -0.3 is 5.73 Å². The minimum atomic E-state index is -3.48. The maximum absolute atomic E-state index is 12.6. The number of benzene rings is 1. The van der Waals surface area contributed by atoms with Crippen molar-refractivity contribution in [3.05, 3.63) is 29.3 Å². The zero-order chi connectivity index (χ0) is 14.9. The van der Waals surface area contributed by atoms with Gasteiger partial charge in [-0.25, -0.2) is 8.42 Å². The normalized spacial score (nSPS) is 21.6. The van der Waals surface area contributed by atoms with Crippen LogP contribution in [0, 0.1) is 24.2 Å². The fourth-order valence-corrected chi connectivity index (χ4v) is 4.07. The quantitative estimate of drug-likeness (QED) is 0.908. The number of aryl methyl sites for hydroxylation is 1. The summed E-state index contributed by atoms with van der Waals surface area (Å²) in [4.78, 5) is 0.249. The van der Waals surface area contributed by atoms with E-state index in [0.29, 0.717) is 24.2 Å². The smallest absolute Gasteiger partial charge is 0.243 e. The Morgan fingerprint density at radius 3 is 2.70 bits per heavy atom. The monoisotopic (exact) mass is 293 g/mol. The fraction of sp³-hybridized carbons (Fsp3) is 0.500. The Labute approximate surface area is 120 Å². The SMILES string of the molecule is Cc1cc(S(=O)(=O)N2CCC(C(C)N)C2)ccc1C#N. The molecular weight excluding hydrogens is 274 g/mol. The molecule has 0 spiro atoms. The molecule has 2 atom stereocenters. The third-order valence-corrected chi connectivity index (χ3v) is 5.75. The maximum Gasteiger partial charge on any atom is 0.243 e. The summed E-state index contributed by atoms with van der Waals surface area (Å²) < 4.78 is 26.6. The molecule has 2 N–H and O–H groups in total. The van der Waals surface area contributed by atoms with Crippen molar-refractivity contribution in [3.63, 3.8) is 0 Å². The third kappa shape index (κ3) is 2.70. The molecular formula is C14H19N3O2S. The number of nitrogens with two attached hydrogens (primary N) is 1. The van der Waals surface area contributed by atoms with E-state index in [0.717, 1.165) is 6.42 Å². The Bertz CT molecular complexity index is 647. The summed E-state index contributed by atoms with van der Waals surface area (Å²) in [6.07, 6.45) is 0.798. The maximum atomic E-state index is 12.6.